The van der Waals surface area contributed by atoms with Crippen molar-refractivity contribution < 1.29 is 59.0 Å². The van der Waals surface area contributed by atoms with Crippen molar-refractivity contribution in [1.29, 1.82) is 0 Å². The van der Waals surface area contributed by atoms with Gasteiger partial charge in [0.15, 0.2) is 0 Å². The molecule has 56 valence electrons. The topological polar surface area (TPSA) is 66.4 Å². The van der Waals surface area contributed by atoms with E-state index < -0.39 is 36.6 Å². The van der Waals surface area contributed by atoms with E-state index in [9.17, 15) is 13.0 Å². The van der Waals surface area contributed by atoms with Crippen LogP contribution in [0.25, 0.3) is 0 Å². The molecule has 0 rings (SSSR count). The zero-order valence-corrected chi connectivity index (χ0v) is 7.86. The molecule has 0 bridgehead atoms. The molecule has 0 heterocycles. The molecule has 0 saturated heterocycles. The minimum Gasteiger partial charge on any atom is -0.726 e. The summed E-state index contributed by atoms with van der Waals surface area (Å²) in [6, 6.07) is 0. The summed E-state index contributed by atoms with van der Waals surface area (Å²) in [6.07, 6.45) is -7.70. The molecule has 0 aliphatic carbocycles. The quantitative estimate of drug-likeness (QED) is 0.271. The first-order chi connectivity index (χ1) is 7.46. The third kappa shape index (κ3) is 11.6. The molecule has 0 saturated carbocycles. The predicted molar refractivity (Wildman–Crippen MR) is 30.6 cm³/mol. The van der Waals surface area contributed by atoms with Gasteiger partial charge in [-0.25, -0.2) is 8.42 Å². The molecule has 0 N–H and O–H groups in total. The van der Waals surface area contributed by atoms with Crippen molar-refractivity contribution in [3.8, 4) is 0 Å². The first-order valence-corrected chi connectivity index (χ1v) is 2.95. The third-order valence-corrected chi connectivity index (χ3v) is 0.545. The predicted octanol–water partition coefficient (Wildman–Crippen LogP) is -2.73. The van der Waals surface area contributed by atoms with Crippen molar-refractivity contribution in [1.82, 2.24) is 0 Å². The third-order valence-electron chi connectivity index (χ3n) is 0.257. The normalized spacial score (nSPS) is 29.5. The molecule has 0 spiro atoms. The Bertz CT molecular complexity index is 414. The molecule has 0 aliphatic rings. The number of hydrogen-bond donors (Lipinski definition) is 0. The summed E-state index contributed by atoms with van der Waals surface area (Å²) in [4.78, 5) is 0. The Kier molecular flexibility index (Phi) is 2.18. The van der Waals surface area contributed by atoms with Crippen LogP contribution in [0.1, 0.15) is 31.9 Å². The largest absolute Gasteiger partial charge is 1.00 e. The van der Waals surface area contributed by atoms with Crippen LogP contribution >= 0.6 is 0 Å². The second kappa shape index (κ2) is 6.57. The van der Waals surface area contributed by atoms with E-state index in [0.717, 1.165) is 0 Å². The van der Waals surface area contributed by atoms with Crippen molar-refractivity contribution in [2.24, 2.45) is 0 Å². The van der Waals surface area contributed by atoms with E-state index in [4.69, 9.17) is 12.3 Å². The van der Waals surface area contributed by atoms with E-state index in [-0.39, 0.29) is 29.6 Å². The van der Waals surface area contributed by atoms with Crippen LogP contribution in [-0.2, 0) is 14.6 Å². The van der Waals surface area contributed by atoms with Crippen molar-refractivity contribution in [3.05, 3.63) is 0 Å². The van der Waals surface area contributed by atoms with Crippen LogP contribution < -0.4 is 29.6 Å². The summed E-state index contributed by atoms with van der Waals surface area (Å²) >= 11 is 0. The fraction of sp³-hybridized carbons (Fsp3) is 1.00. The van der Waals surface area contributed by atoms with Crippen LogP contribution in [0.15, 0.2) is 0 Å². The van der Waals surface area contributed by atoms with Gasteiger partial charge in [-0.2, -0.15) is 0 Å². The van der Waals surface area contributed by atoms with Crippen molar-refractivity contribution >= 4 is 10.4 Å². The van der Waals surface area contributed by atoms with Crippen molar-refractivity contribution in [2.45, 2.75) is 19.6 Å². The monoisotopic (exact) mass is 185 g/mol. The van der Waals surface area contributed by atoms with Gasteiger partial charge in [-0.1, -0.05) is 13.2 Å². The fourth-order valence-electron chi connectivity index (χ4n) is 0.0974. The van der Waals surface area contributed by atoms with Gasteiger partial charge in [-0.15, -0.1) is 0 Å². The Morgan fingerprint density at radius 1 is 1.80 bits per heavy atom. The zero-order valence-electron chi connectivity index (χ0n) is 14.0. The van der Waals surface area contributed by atoms with Crippen LogP contribution in [-0.4, -0.2) is 19.5 Å². The first-order valence-electron chi connectivity index (χ1n) is 6.12. The van der Waals surface area contributed by atoms with E-state index in [1.54, 1.807) is 0 Å². The molecule has 0 amide bonds. The van der Waals surface area contributed by atoms with Crippen LogP contribution in [0.5, 0.6) is 0 Å². The number of rotatable bonds is 4. The molecular formula is C4H9NaO4S. The molecular weight excluding hydrogens is 167 g/mol. The van der Waals surface area contributed by atoms with E-state index in [0.29, 0.717) is 0 Å². The molecule has 0 aromatic heterocycles. The molecule has 4 nitrogen and oxygen atoms in total. The van der Waals surface area contributed by atoms with Crippen LogP contribution in [0, 0.1) is 0 Å². The van der Waals surface area contributed by atoms with E-state index in [1.807, 2.05) is 0 Å². The Labute approximate surface area is 95.8 Å². The standard InChI is InChI=1S/C4H10O4S.Na/c1-2-3-4-8-9(5,6)7;/h2-4H2,1H3,(H,5,6,7);/q;+1/p-1/i1D3,2D2,3D2,4D2;. The molecule has 0 aromatic carbocycles. The van der Waals surface area contributed by atoms with Gasteiger partial charge in [0.05, 0.1) is 9.30 Å². The second-order valence-corrected chi connectivity index (χ2v) is 1.83. The molecule has 10 heavy (non-hydrogen) atoms. The van der Waals surface area contributed by atoms with Gasteiger partial charge in [-0.3, -0.25) is 4.18 Å². The molecule has 6 heteroatoms. The first kappa shape index (κ1) is 3.32. The average Bonchev–Trinajstić information content (AvgIpc) is 1.95. The second-order valence-electron chi connectivity index (χ2n) is 0.844. The Morgan fingerprint density at radius 2 is 2.40 bits per heavy atom. The number of hydrogen-bond acceptors (Lipinski definition) is 4. The minimum absolute atomic E-state index is 0. The molecule has 0 atom stereocenters. The maximum Gasteiger partial charge on any atom is 1.00 e. The SMILES string of the molecule is [2H]C([2H])([2H])C([2H])([2H])C([2H])([2H])C([2H])([2H])OS(=O)(=O)[O-].[Na+]. The van der Waals surface area contributed by atoms with Crippen LogP contribution in [0.2, 0.25) is 0 Å². The van der Waals surface area contributed by atoms with Gasteiger partial charge in [0.2, 0.25) is 10.4 Å². The van der Waals surface area contributed by atoms with Gasteiger partial charge < -0.3 is 4.55 Å². The molecule has 0 aliphatic heterocycles. The minimum atomic E-state index is -5.69. The van der Waals surface area contributed by atoms with E-state index in [1.165, 1.54) is 0 Å². The van der Waals surface area contributed by atoms with Crippen LogP contribution in [0.4, 0.5) is 0 Å². The zero-order chi connectivity index (χ0) is 15.2. The van der Waals surface area contributed by atoms with Gasteiger partial charge in [0.1, 0.15) is 0 Å². The summed E-state index contributed by atoms with van der Waals surface area (Å²) in [5, 5.41) is 0. The Morgan fingerprint density at radius 3 is 2.80 bits per heavy atom. The van der Waals surface area contributed by atoms with Gasteiger partial charge in [-0.05, 0) is 6.37 Å². The van der Waals surface area contributed by atoms with E-state index in [2.05, 4.69) is 4.18 Å². The van der Waals surface area contributed by atoms with Crippen molar-refractivity contribution in [2.75, 3.05) is 6.56 Å². The molecule has 0 radical (unpaired) electrons. The Hall–Kier alpha value is 0.870. The average molecular weight is 185 g/mol. The smallest absolute Gasteiger partial charge is 0.726 e. The molecule has 0 aromatic rings. The van der Waals surface area contributed by atoms with Crippen molar-refractivity contribution in [3.63, 3.8) is 0 Å². The van der Waals surface area contributed by atoms with E-state index >= 15 is 0 Å². The van der Waals surface area contributed by atoms with Gasteiger partial charge >= 0.3 is 29.6 Å². The Balaban J connectivity index is 0. The summed E-state index contributed by atoms with van der Waals surface area (Å²) in [7, 11) is -5.69. The molecule has 0 fully saturated rings. The maximum atomic E-state index is 10.2. The summed E-state index contributed by atoms with van der Waals surface area (Å²) < 4.78 is 96.4. The maximum absolute atomic E-state index is 10.2. The van der Waals surface area contributed by atoms with Crippen LogP contribution in [0.3, 0.4) is 0 Å². The van der Waals surface area contributed by atoms with Gasteiger partial charge in [0.25, 0.3) is 0 Å². The molecule has 0 unspecified atom stereocenters. The summed E-state index contributed by atoms with van der Waals surface area (Å²) in [6.45, 7) is -7.58. The fourth-order valence-corrected chi connectivity index (χ4v) is 0.241. The summed E-state index contributed by atoms with van der Waals surface area (Å²) in [5.74, 6) is 0. The summed E-state index contributed by atoms with van der Waals surface area (Å²) in [5.41, 5.74) is 0. The van der Waals surface area contributed by atoms with Gasteiger partial charge in [0, 0.05) is 9.60 Å².